The van der Waals surface area contributed by atoms with Crippen LogP contribution in [0.1, 0.15) is 149 Å². The third-order valence-electron chi connectivity index (χ3n) is 5.74. The van der Waals surface area contributed by atoms with Gasteiger partial charge < -0.3 is 10.2 Å². The molecular formula is C26H52O4. The van der Waals surface area contributed by atoms with Gasteiger partial charge in [-0.15, -0.1) is 0 Å². The van der Waals surface area contributed by atoms with Crippen LogP contribution in [0.4, 0.5) is 0 Å². The quantitative estimate of drug-likeness (QED) is 0.179. The molecule has 0 fully saturated rings. The fourth-order valence-corrected chi connectivity index (χ4v) is 3.61. The molecule has 0 aromatic heterocycles. The molecule has 0 bridgehead atoms. The summed E-state index contributed by atoms with van der Waals surface area (Å²) in [6, 6.07) is 0. The molecule has 0 aliphatic rings. The van der Waals surface area contributed by atoms with E-state index in [0.29, 0.717) is 6.42 Å². The normalized spacial score (nSPS) is 11.6. The van der Waals surface area contributed by atoms with Crippen molar-refractivity contribution in [2.45, 2.75) is 149 Å². The topological polar surface area (TPSA) is 74.6 Å². The van der Waals surface area contributed by atoms with Crippen molar-refractivity contribution in [3.8, 4) is 0 Å². The predicted molar refractivity (Wildman–Crippen MR) is 128 cm³/mol. The third-order valence-corrected chi connectivity index (χ3v) is 5.74. The van der Waals surface area contributed by atoms with Crippen molar-refractivity contribution in [2.24, 2.45) is 5.92 Å². The van der Waals surface area contributed by atoms with Gasteiger partial charge in [0.15, 0.2) is 0 Å². The van der Waals surface area contributed by atoms with Crippen LogP contribution in [0.15, 0.2) is 0 Å². The molecule has 0 saturated carbocycles. The molecule has 4 heteroatoms. The second-order valence-electron chi connectivity index (χ2n) is 8.68. The zero-order valence-corrected chi connectivity index (χ0v) is 20.4. The van der Waals surface area contributed by atoms with Crippen LogP contribution in [0.2, 0.25) is 0 Å². The van der Waals surface area contributed by atoms with Crippen LogP contribution in [0.3, 0.4) is 0 Å². The number of hydrogen-bond acceptors (Lipinski definition) is 2. The van der Waals surface area contributed by atoms with Gasteiger partial charge in [0, 0.05) is 6.42 Å². The minimum Gasteiger partial charge on any atom is -0.481 e. The number of carboxylic acids is 2. The highest BCUT2D eigenvalue weighted by Crippen LogP contribution is 2.15. The highest BCUT2D eigenvalue weighted by Gasteiger charge is 2.13. The van der Waals surface area contributed by atoms with Gasteiger partial charge in [0.25, 0.3) is 0 Å². The van der Waals surface area contributed by atoms with Crippen molar-refractivity contribution in [3.05, 3.63) is 0 Å². The Morgan fingerprint density at radius 2 is 0.933 bits per heavy atom. The van der Waals surface area contributed by atoms with Crippen molar-refractivity contribution in [1.82, 2.24) is 0 Å². The smallest absolute Gasteiger partial charge is 0.306 e. The van der Waals surface area contributed by atoms with E-state index in [1.807, 2.05) is 6.92 Å². The maximum absolute atomic E-state index is 10.8. The number of carboxylic acid groups (broad SMARTS) is 2. The van der Waals surface area contributed by atoms with E-state index in [1.165, 1.54) is 89.9 Å². The van der Waals surface area contributed by atoms with Crippen LogP contribution in [0.25, 0.3) is 0 Å². The van der Waals surface area contributed by atoms with E-state index < -0.39 is 11.9 Å². The second kappa shape index (κ2) is 26.0. The van der Waals surface area contributed by atoms with Gasteiger partial charge in [-0.05, 0) is 19.3 Å². The van der Waals surface area contributed by atoms with Gasteiger partial charge in [0.1, 0.15) is 0 Å². The van der Waals surface area contributed by atoms with Crippen molar-refractivity contribution < 1.29 is 19.8 Å². The first kappa shape index (κ1) is 31.1. The van der Waals surface area contributed by atoms with Crippen LogP contribution in [0, 0.1) is 5.92 Å². The maximum Gasteiger partial charge on any atom is 0.306 e. The highest BCUT2D eigenvalue weighted by molar-refractivity contribution is 5.69. The molecule has 0 heterocycles. The van der Waals surface area contributed by atoms with Crippen molar-refractivity contribution in [3.63, 3.8) is 0 Å². The number of hydrogen-bond donors (Lipinski definition) is 2. The lowest BCUT2D eigenvalue weighted by Gasteiger charge is -2.08. The monoisotopic (exact) mass is 428 g/mol. The summed E-state index contributed by atoms with van der Waals surface area (Å²) in [5.41, 5.74) is 0. The van der Waals surface area contributed by atoms with Gasteiger partial charge in [0.2, 0.25) is 0 Å². The van der Waals surface area contributed by atoms with Crippen LogP contribution < -0.4 is 0 Å². The van der Waals surface area contributed by atoms with Gasteiger partial charge in [-0.2, -0.15) is 0 Å². The maximum atomic E-state index is 10.8. The van der Waals surface area contributed by atoms with Crippen molar-refractivity contribution >= 4 is 11.9 Å². The highest BCUT2D eigenvalue weighted by atomic mass is 16.4. The molecule has 0 aromatic rings. The van der Waals surface area contributed by atoms with E-state index in [1.54, 1.807) is 0 Å². The molecule has 0 radical (unpaired) electrons. The summed E-state index contributed by atoms with van der Waals surface area (Å²) in [5, 5.41) is 17.3. The summed E-state index contributed by atoms with van der Waals surface area (Å²) in [7, 11) is 0. The molecule has 1 atom stereocenters. The molecule has 4 nitrogen and oxygen atoms in total. The van der Waals surface area contributed by atoms with E-state index in [9.17, 15) is 9.59 Å². The summed E-state index contributed by atoms with van der Waals surface area (Å²) >= 11 is 0. The minimum atomic E-state index is -0.659. The lowest BCUT2D eigenvalue weighted by Crippen LogP contribution is -2.12. The summed E-state index contributed by atoms with van der Waals surface area (Å²) in [4.78, 5) is 21.0. The summed E-state index contributed by atoms with van der Waals surface area (Å²) in [6.45, 7) is 6.42. The lowest BCUT2D eigenvalue weighted by molar-refractivity contribution is -0.142. The molecule has 0 aromatic carbocycles. The number of carbonyl (C=O) groups is 2. The Morgan fingerprint density at radius 3 is 1.27 bits per heavy atom. The first-order valence-corrected chi connectivity index (χ1v) is 12.9. The van der Waals surface area contributed by atoms with Gasteiger partial charge >= 0.3 is 11.9 Å². The molecular weight excluding hydrogens is 376 g/mol. The van der Waals surface area contributed by atoms with E-state index in [4.69, 9.17) is 10.2 Å². The predicted octanol–water partition coefficient (Wildman–Crippen LogP) is 8.62. The van der Waals surface area contributed by atoms with E-state index in [0.717, 1.165) is 32.1 Å². The Hall–Kier alpha value is -1.06. The van der Waals surface area contributed by atoms with E-state index in [2.05, 4.69) is 13.8 Å². The molecule has 30 heavy (non-hydrogen) atoms. The minimum absolute atomic E-state index is 0.111. The fraction of sp³-hybridized carbons (Fsp3) is 0.923. The van der Waals surface area contributed by atoms with Gasteiger partial charge in [-0.1, -0.05) is 124 Å². The third kappa shape index (κ3) is 26.9. The molecule has 1 unspecified atom stereocenters. The zero-order valence-electron chi connectivity index (χ0n) is 20.4. The summed E-state index contributed by atoms with van der Waals surface area (Å²) < 4.78 is 0. The van der Waals surface area contributed by atoms with Gasteiger partial charge in [-0.25, -0.2) is 0 Å². The lowest BCUT2D eigenvalue weighted by atomic mass is 9.98. The molecule has 0 amide bonds. The summed E-state index contributed by atoms with van der Waals surface area (Å²) in [6.07, 6.45) is 23.4. The van der Waals surface area contributed by atoms with Crippen LogP contribution >= 0.6 is 0 Å². The molecule has 0 aliphatic carbocycles. The number of aliphatic carboxylic acids is 2. The van der Waals surface area contributed by atoms with Crippen molar-refractivity contribution in [2.75, 3.05) is 0 Å². The van der Waals surface area contributed by atoms with Gasteiger partial charge in [-0.3, -0.25) is 9.59 Å². The average molecular weight is 429 g/mol. The zero-order chi connectivity index (χ0) is 22.9. The molecule has 180 valence electrons. The van der Waals surface area contributed by atoms with E-state index >= 15 is 0 Å². The Labute approximate surface area is 187 Å². The molecule has 0 aliphatic heterocycles. The van der Waals surface area contributed by atoms with Crippen molar-refractivity contribution in [1.29, 1.82) is 0 Å². The first-order chi connectivity index (χ1) is 14.5. The Morgan fingerprint density at radius 1 is 0.567 bits per heavy atom. The Kier molecular flexibility index (Phi) is 27.0. The van der Waals surface area contributed by atoms with Crippen LogP contribution in [-0.2, 0) is 9.59 Å². The van der Waals surface area contributed by atoms with Crippen LogP contribution in [0.5, 0.6) is 0 Å². The molecule has 2 N–H and O–H groups in total. The van der Waals surface area contributed by atoms with Gasteiger partial charge in [0.05, 0.1) is 5.92 Å². The number of rotatable bonds is 21. The van der Waals surface area contributed by atoms with E-state index in [-0.39, 0.29) is 5.92 Å². The first-order valence-electron chi connectivity index (χ1n) is 12.9. The Bertz CT molecular complexity index is 368. The van der Waals surface area contributed by atoms with Crippen LogP contribution in [-0.4, -0.2) is 22.2 Å². The second-order valence-corrected chi connectivity index (χ2v) is 8.68. The average Bonchev–Trinajstić information content (AvgIpc) is 2.71. The fourth-order valence-electron chi connectivity index (χ4n) is 3.61. The Balaban J connectivity index is 0. The standard InChI is InChI=1S/C14H28O2.C12H24O2/c1-3-5-6-7-8-9-10-11-12-13(4-2)14(15)16;1-2-3-4-5-6-7-8-9-10-11-12(13)14/h13H,3-12H2,1-2H3,(H,15,16);2-11H2,1H3,(H,13,14). The molecule has 0 rings (SSSR count). The summed E-state index contributed by atoms with van der Waals surface area (Å²) in [5.74, 6) is -1.39. The molecule has 0 spiro atoms. The SMILES string of the molecule is CCCCCCCCCCC(CC)C(=O)O.CCCCCCCCCCCC(=O)O. The largest absolute Gasteiger partial charge is 0.481 e. The molecule has 0 saturated heterocycles. The number of unbranched alkanes of at least 4 members (excludes halogenated alkanes) is 15.